The summed E-state index contributed by atoms with van der Waals surface area (Å²) in [6.45, 7) is 0. The number of nitrogens with zero attached hydrogens (tertiary/aromatic N) is 1. The molecule has 6 heteroatoms. The van der Waals surface area contributed by atoms with Gasteiger partial charge in [-0.15, -0.1) is 0 Å². The van der Waals surface area contributed by atoms with Gasteiger partial charge in [-0.3, -0.25) is 4.79 Å². The van der Waals surface area contributed by atoms with Crippen molar-refractivity contribution in [3.63, 3.8) is 0 Å². The van der Waals surface area contributed by atoms with E-state index >= 15 is 0 Å². The van der Waals surface area contributed by atoms with Gasteiger partial charge < -0.3 is 15.6 Å². The smallest absolute Gasteiger partial charge is 0.271 e. The molecule has 1 amide bonds. The number of amides is 1. The normalized spacial score (nSPS) is 10.5. The second-order valence-corrected chi connectivity index (χ2v) is 4.25. The van der Waals surface area contributed by atoms with Gasteiger partial charge in [0.25, 0.3) is 5.91 Å². The number of ether oxygens (including phenoxy) is 1. The Morgan fingerprint density at radius 1 is 1.29 bits per heavy atom. The predicted molar refractivity (Wildman–Crippen MR) is 80.6 cm³/mol. The summed E-state index contributed by atoms with van der Waals surface area (Å²) in [6, 6.07) is 11.3. The second-order valence-electron chi connectivity index (χ2n) is 4.25. The summed E-state index contributed by atoms with van der Waals surface area (Å²) < 4.78 is 4.98. The third-order valence-electron chi connectivity index (χ3n) is 2.76. The van der Waals surface area contributed by atoms with Crippen LogP contribution in [-0.4, -0.2) is 24.3 Å². The molecule has 0 bridgehead atoms. The number of aromatic hydroxyl groups is 1. The second kappa shape index (κ2) is 6.42. The fourth-order valence-electron chi connectivity index (χ4n) is 1.64. The molecule has 0 aliphatic rings. The van der Waals surface area contributed by atoms with Crippen LogP contribution in [0.1, 0.15) is 15.9 Å². The van der Waals surface area contributed by atoms with Gasteiger partial charge in [0.1, 0.15) is 0 Å². The molecule has 0 radical (unpaired) electrons. The van der Waals surface area contributed by atoms with E-state index in [1.165, 1.54) is 19.4 Å². The van der Waals surface area contributed by atoms with Gasteiger partial charge in [-0.1, -0.05) is 0 Å². The van der Waals surface area contributed by atoms with Gasteiger partial charge in [-0.2, -0.15) is 5.10 Å². The number of benzene rings is 2. The Hall–Kier alpha value is -3.02. The number of nitrogen functional groups attached to an aromatic ring is 1. The maximum atomic E-state index is 11.8. The average molecular weight is 285 g/mol. The van der Waals surface area contributed by atoms with Crippen molar-refractivity contribution < 1.29 is 14.6 Å². The zero-order chi connectivity index (χ0) is 15.2. The van der Waals surface area contributed by atoms with Crippen LogP contribution in [-0.2, 0) is 0 Å². The van der Waals surface area contributed by atoms with Crippen molar-refractivity contribution in [2.45, 2.75) is 0 Å². The lowest BCUT2D eigenvalue weighted by molar-refractivity contribution is 0.0955. The average Bonchev–Trinajstić information content (AvgIpc) is 2.49. The number of carbonyl (C=O) groups is 1. The van der Waals surface area contributed by atoms with Crippen LogP contribution in [0.25, 0.3) is 0 Å². The zero-order valence-corrected chi connectivity index (χ0v) is 11.4. The van der Waals surface area contributed by atoms with Crippen LogP contribution in [0, 0.1) is 0 Å². The molecule has 0 saturated carbocycles. The van der Waals surface area contributed by atoms with Crippen molar-refractivity contribution in [1.82, 2.24) is 5.43 Å². The van der Waals surface area contributed by atoms with Crippen LogP contribution in [0.4, 0.5) is 5.69 Å². The summed E-state index contributed by atoms with van der Waals surface area (Å²) >= 11 is 0. The first-order chi connectivity index (χ1) is 10.1. The van der Waals surface area contributed by atoms with Crippen molar-refractivity contribution in [3.05, 3.63) is 53.6 Å². The molecule has 2 aromatic carbocycles. The molecule has 0 spiro atoms. The monoisotopic (exact) mass is 285 g/mol. The van der Waals surface area contributed by atoms with Crippen LogP contribution in [0.15, 0.2) is 47.6 Å². The van der Waals surface area contributed by atoms with Crippen LogP contribution in [0.5, 0.6) is 11.5 Å². The lowest BCUT2D eigenvalue weighted by atomic mass is 10.2. The molecule has 0 aliphatic carbocycles. The van der Waals surface area contributed by atoms with E-state index in [0.717, 1.165) is 0 Å². The van der Waals surface area contributed by atoms with Gasteiger partial charge in [0.2, 0.25) is 0 Å². The van der Waals surface area contributed by atoms with Gasteiger partial charge in [0.05, 0.1) is 13.3 Å². The molecule has 0 heterocycles. The number of phenols is 1. The highest BCUT2D eigenvalue weighted by Gasteiger charge is 2.03. The predicted octanol–water partition coefficient (Wildman–Crippen LogP) is 1.75. The molecule has 0 fully saturated rings. The highest BCUT2D eigenvalue weighted by Crippen LogP contribution is 2.25. The zero-order valence-electron chi connectivity index (χ0n) is 11.4. The van der Waals surface area contributed by atoms with E-state index in [1.807, 2.05) is 0 Å². The fraction of sp³-hybridized carbons (Fsp3) is 0.0667. The van der Waals surface area contributed by atoms with E-state index in [9.17, 15) is 9.90 Å². The Bertz CT molecular complexity index is 666. The summed E-state index contributed by atoms with van der Waals surface area (Å²) in [7, 11) is 1.46. The van der Waals surface area contributed by atoms with Crippen molar-refractivity contribution in [1.29, 1.82) is 0 Å². The first-order valence-electron chi connectivity index (χ1n) is 6.16. The van der Waals surface area contributed by atoms with E-state index in [-0.39, 0.29) is 11.7 Å². The number of rotatable bonds is 4. The first kappa shape index (κ1) is 14.4. The van der Waals surface area contributed by atoms with Crippen LogP contribution in [0.3, 0.4) is 0 Å². The summed E-state index contributed by atoms with van der Waals surface area (Å²) in [5.41, 5.74) is 9.69. The third kappa shape index (κ3) is 3.73. The molecule has 4 N–H and O–H groups in total. The number of hydrazone groups is 1. The van der Waals surface area contributed by atoms with Gasteiger partial charge in [0, 0.05) is 11.3 Å². The molecule has 21 heavy (non-hydrogen) atoms. The number of nitrogens with two attached hydrogens (primary N) is 1. The minimum absolute atomic E-state index is 0.0422. The molecule has 108 valence electrons. The number of phenolic OH excluding ortho intramolecular Hbond substituents is 1. The number of carbonyl (C=O) groups excluding carboxylic acids is 1. The molecule has 6 nitrogen and oxygen atoms in total. The summed E-state index contributed by atoms with van der Waals surface area (Å²) in [5, 5.41) is 13.3. The maximum absolute atomic E-state index is 11.8. The van der Waals surface area contributed by atoms with Crippen molar-refractivity contribution in [2.24, 2.45) is 5.10 Å². The Morgan fingerprint density at radius 2 is 2.00 bits per heavy atom. The van der Waals surface area contributed by atoms with Crippen molar-refractivity contribution >= 4 is 17.8 Å². The Labute approximate surface area is 121 Å². The molecular formula is C15H15N3O3. The highest BCUT2D eigenvalue weighted by atomic mass is 16.5. The number of methoxy groups -OCH3 is 1. The molecular weight excluding hydrogens is 270 g/mol. The minimum atomic E-state index is -0.336. The molecule has 0 saturated heterocycles. The summed E-state index contributed by atoms with van der Waals surface area (Å²) in [4.78, 5) is 11.8. The van der Waals surface area contributed by atoms with Crippen molar-refractivity contribution in [2.75, 3.05) is 12.8 Å². The third-order valence-corrected chi connectivity index (χ3v) is 2.76. The van der Waals surface area contributed by atoms with Gasteiger partial charge in [-0.25, -0.2) is 5.43 Å². The molecule has 0 aliphatic heterocycles. The fourth-order valence-corrected chi connectivity index (χ4v) is 1.64. The number of hydrogen-bond donors (Lipinski definition) is 3. The van der Waals surface area contributed by atoms with E-state index in [4.69, 9.17) is 10.5 Å². The lowest BCUT2D eigenvalue weighted by Crippen LogP contribution is -2.17. The minimum Gasteiger partial charge on any atom is -0.504 e. The number of hydrogen-bond acceptors (Lipinski definition) is 5. The van der Waals surface area contributed by atoms with Crippen molar-refractivity contribution in [3.8, 4) is 11.5 Å². The van der Waals surface area contributed by atoms with Crippen LogP contribution in [0.2, 0.25) is 0 Å². The largest absolute Gasteiger partial charge is 0.504 e. The molecule has 0 aromatic heterocycles. The quantitative estimate of drug-likeness (QED) is 0.453. The summed E-state index contributed by atoms with van der Waals surface area (Å²) in [6.07, 6.45) is 1.46. The first-order valence-corrected chi connectivity index (χ1v) is 6.16. The molecule has 0 unspecified atom stereocenters. The van der Waals surface area contributed by atoms with Crippen LogP contribution >= 0.6 is 0 Å². The van der Waals surface area contributed by atoms with E-state index in [0.29, 0.717) is 22.6 Å². The number of nitrogens with one attached hydrogen (secondary N) is 1. The van der Waals surface area contributed by atoms with Gasteiger partial charge in [-0.05, 0) is 48.0 Å². The highest BCUT2D eigenvalue weighted by molar-refractivity contribution is 5.95. The SMILES string of the molecule is COc1cc(/C=N/NC(=O)c2ccc(N)cc2)ccc1O. The van der Waals surface area contributed by atoms with E-state index < -0.39 is 0 Å². The van der Waals surface area contributed by atoms with Gasteiger partial charge >= 0.3 is 0 Å². The van der Waals surface area contributed by atoms with Crippen LogP contribution < -0.4 is 15.9 Å². The number of anilines is 1. The van der Waals surface area contributed by atoms with E-state index in [1.54, 1.807) is 36.4 Å². The maximum Gasteiger partial charge on any atom is 0.271 e. The summed E-state index contributed by atoms with van der Waals surface area (Å²) in [5.74, 6) is 0.0429. The Kier molecular flexibility index (Phi) is 4.40. The van der Waals surface area contributed by atoms with E-state index in [2.05, 4.69) is 10.5 Å². The Morgan fingerprint density at radius 3 is 2.67 bits per heavy atom. The molecule has 2 aromatic rings. The van der Waals surface area contributed by atoms with Gasteiger partial charge in [0.15, 0.2) is 11.5 Å². The topological polar surface area (TPSA) is 96.9 Å². The standard InChI is InChI=1S/C15H15N3O3/c1-21-14-8-10(2-7-13(14)19)9-17-18-15(20)11-3-5-12(16)6-4-11/h2-9,19H,16H2,1H3,(H,18,20)/b17-9+. The molecule has 0 atom stereocenters. The molecule has 2 rings (SSSR count). The Balaban J connectivity index is 2.02. The lowest BCUT2D eigenvalue weighted by Gasteiger charge is -2.03.